The van der Waals surface area contributed by atoms with Crippen LogP contribution in [0.3, 0.4) is 0 Å². The summed E-state index contributed by atoms with van der Waals surface area (Å²) < 4.78 is 5.84. The molecule has 2 atom stereocenters. The SMILES string of the molecule is O=C1CCC(=O)N1C1CC2CCC(C1)N2C(=O)CCc1ccc(OCc2ccccc2)cc1. The number of hydrogen-bond donors (Lipinski definition) is 0. The van der Waals surface area contributed by atoms with Gasteiger partial charge in [0, 0.05) is 37.4 Å². The van der Waals surface area contributed by atoms with Crippen molar-refractivity contribution in [1.29, 1.82) is 0 Å². The third-order valence-electron chi connectivity index (χ3n) is 7.25. The van der Waals surface area contributed by atoms with Gasteiger partial charge in [0.05, 0.1) is 0 Å². The van der Waals surface area contributed by atoms with Gasteiger partial charge in [-0.05, 0) is 55.4 Å². The Labute approximate surface area is 194 Å². The number of likely N-dealkylation sites (tertiary alicyclic amines) is 1. The van der Waals surface area contributed by atoms with Gasteiger partial charge in [-0.25, -0.2) is 0 Å². The summed E-state index contributed by atoms with van der Waals surface area (Å²) in [5, 5.41) is 0. The third-order valence-corrected chi connectivity index (χ3v) is 7.25. The zero-order valence-electron chi connectivity index (χ0n) is 18.8. The maximum Gasteiger partial charge on any atom is 0.229 e. The van der Waals surface area contributed by atoms with Crippen LogP contribution in [0.15, 0.2) is 54.6 Å². The number of piperidine rings is 1. The molecule has 3 amide bonds. The van der Waals surface area contributed by atoms with E-state index in [1.807, 2.05) is 54.6 Å². The van der Waals surface area contributed by atoms with Crippen LogP contribution in [0.5, 0.6) is 5.75 Å². The van der Waals surface area contributed by atoms with Crippen LogP contribution < -0.4 is 4.74 Å². The number of ether oxygens (including phenoxy) is 1. The number of nitrogens with zero attached hydrogens (tertiary/aromatic N) is 2. The molecule has 3 heterocycles. The van der Waals surface area contributed by atoms with Crippen molar-refractivity contribution in [2.45, 2.75) is 76.1 Å². The number of carbonyl (C=O) groups excluding carboxylic acids is 3. The highest BCUT2D eigenvalue weighted by atomic mass is 16.5. The van der Waals surface area contributed by atoms with Crippen molar-refractivity contribution in [3.63, 3.8) is 0 Å². The van der Waals surface area contributed by atoms with E-state index in [1.54, 1.807) is 0 Å². The molecule has 0 aliphatic carbocycles. The lowest BCUT2D eigenvalue weighted by Crippen LogP contribution is -2.53. The minimum atomic E-state index is -0.0413. The average Bonchev–Trinajstić information content (AvgIpc) is 3.31. The fraction of sp³-hybridized carbons (Fsp3) is 0.444. The minimum absolute atomic E-state index is 0.0301. The Morgan fingerprint density at radius 1 is 0.818 bits per heavy atom. The van der Waals surface area contributed by atoms with E-state index in [2.05, 4.69) is 4.90 Å². The molecule has 0 saturated carbocycles. The van der Waals surface area contributed by atoms with Crippen molar-refractivity contribution >= 4 is 17.7 Å². The van der Waals surface area contributed by atoms with Crippen LogP contribution in [0.25, 0.3) is 0 Å². The fourth-order valence-corrected chi connectivity index (χ4v) is 5.64. The smallest absolute Gasteiger partial charge is 0.229 e. The second-order valence-corrected chi connectivity index (χ2v) is 9.39. The van der Waals surface area contributed by atoms with E-state index in [9.17, 15) is 14.4 Å². The summed E-state index contributed by atoms with van der Waals surface area (Å²) in [6.07, 6.45) is 5.24. The number of carbonyl (C=O) groups is 3. The summed E-state index contributed by atoms with van der Waals surface area (Å²) in [4.78, 5) is 40.9. The molecule has 3 saturated heterocycles. The molecule has 3 aliphatic heterocycles. The molecule has 0 N–H and O–H groups in total. The van der Waals surface area contributed by atoms with Gasteiger partial charge in [-0.1, -0.05) is 42.5 Å². The fourth-order valence-electron chi connectivity index (χ4n) is 5.64. The highest BCUT2D eigenvalue weighted by Crippen LogP contribution is 2.39. The van der Waals surface area contributed by atoms with Gasteiger partial charge in [0.1, 0.15) is 12.4 Å². The molecular formula is C27H30N2O4. The standard InChI is InChI=1S/C27H30N2O4/c30-25(13-8-19-6-11-24(12-7-19)33-18-20-4-2-1-3-5-20)28-21-9-10-22(28)17-23(16-21)29-26(31)14-15-27(29)32/h1-7,11-12,21-23H,8-10,13-18H2. The Morgan fingerprint density at radius 2 is 1.45 bits per heavy atom. The summed E-state index contributed by atoms with van der Waals surface area (Å²) in [7, 11) is 0. The van der Waals surface area contributed by atoms with Gasteiger partial charge in [0.15, 0.2) is 0 Å². The largest absolute Gasteiger partial charge is 0.489 e. The molecule has 172 valence electrons. The number of aryl methyl sites for hydroxylation is 1. The van der Waals surface area contributed by atoms with Crippen LogP contribution in [-0.4, -0.2) is 45.6 Å². The van der Waals surface area contributed by atoms with Crippen LogP contribution in [0.4, 0.5) is 0 Å². The van der Waals surface area contributed by atoms with Gasteiger partial charge in [-0.2, -0.15) is 0 Å². The van der Waals surface area contributed by atoms with E-state index in [0.717, 1.165) is 42.6 Å². The van der Waals surface area contributed by atoms with Crippen molar-refractivity contribution in [3.8, 4) is 5.75 Å². The quantitative estimate of drug-likeness (QED) is 0.606. The topological polar surface area (TPSA) is 66.9 Å². The van der Waals surface area contributed by atoms with Crippen molar-refractivity contribution in [1.82, 2.24) is 9.80 Å². The molecule has 2 bridgehead atoms. The lowest BCUT2D eigenvalue weighted by Gasteiger charge is -2.41. The zero-order chi connectivity index (χ0) is 22.8. The molecule has 3 fully saturated rings. The molecule has 0 radical (unpaired) electrons. The molecule has 2 aromatic rings. The van der Waals surface area contributed by atoms with E-state index in [4.69, 9.17) is 4.74 Å². The van der Waals surface area contributed by atoms with Gasteiger partial charge in [0.2, 0.25) is 17.7 Å². The Balaban J connectivity index is 1.12. The van der Waals surface area contributed by atoms with Crippen molar-refractivity contribution in [3.05, 3.63) is 65.7 Å². The number of benzene rings is 2. The van der Waals surface area contributed by atoms with E-state index in [0.29, 0.717) is 32.3 Å². The third kappa shape index (κ3) is 4.65. The predicted molar refractivity (Wildman–Crippen MR) is 123 cm³/mol. The lowest BCUT2D eigenvalue weighted by atomic mass is 9.95. The first kappa shape index (κ1) is 21.7. The highest BCUT2D eigenvalue weighted by Gasteiger charge is 2.47. The summed E-state index contributed by atoms with van der Waals surface area (Å²) in [5.41, 5.74) is 2.25. The van der Waals surface area contributed by atoms with Crippen molar-refractivity contribution < 1.29 is 19.1 Å². The second kappa shape index (κ2) is 9.38. The molecule has 33 heavy (non-hydrogen) atoms. The molecule has 2 unspecified atom stereocenters. The predicted octanol–water partition coefficient (Wildman–Crippen LogP) is 3.87. The Bertz CT molecular complexity index is 990. The number of rotatable bonds is 7. The van der Waals surface area contributed by atoms with Crippen molar-refractivity contribution in [2.75, 3.05) is 0 Å². The molecular weight excluding hydrogens is 416 g/mol. The normalized spacial score (nSPS) is 24.4. The number of imide groups is 1. The van der Waals surface area contributed by atoms with Gasteiger partial charge >= 0.3 is 0 Å². The van der Waals surface area contributed by atoms with E-state index >= 15 is 0 Å². The maximum absolute atomic E-state index is 13.1. The molecule has 6 heteroatoms. The van der Waals surface area contributed by atoms with Crippen LogP contribution in [0, 0.1) is 0 Å². The number of amides is 3. The first-order chi connectivity index (χ1) is 16.1. The maximum atomic E-state index is 13.1. The highest BCUT2D eigenvalue weighted by molar-refractivity contribution is 6.02. The van der Waals surface area contributed by atoms with E-state index in [-0.39, 0.29) is 35.8 Å². The minimum Gasteiger partial charge on any atom is -0.489 e. The number of hydrogen-bond acceptors (Lipinski definition) is 4. The lowest BCUT2D eigenvalue weighted by molar-refractivity contribution is -0.144. The molecule has 6 nitrogen and oxygen atoms in total. The average molecular weight is 447 g/mol. The number of fused-ring (bicyclic) bond motifs is 2. The van der Waals surface area contributed by atoms with Gasteiger partial charge < -0.3 is 9.64 Å². The first-order valence-corrected chi connectivity index (χ1v) is 12.0. The molecule has 0 spiro atoms. The monoisotopic (exact) mass is 446 g/mol. The molecule has 3 aliphatic rings. The second-order valence-electron chi connectivity index (χ2n) is 9.39. The van der Waals surface area contributed by atoms with Gasteiger partial charge in [-0.15, -0.1) is 0 Å². The Kier molecular flexibility index (Phi) is 6.16. The van der Waals surface area contributed by atoms with Gasteiger partial charge in [0.25, 0.3) is 0 Å². The first-order valence-electron chi connectivity index (χ1n) is 12.0. The summed E-state index contributed by atoms with van der Waals surface area (Å²) in [6, 6.07) is 18.3. The van der Waals surface area contributed by atoms with Crippen LogP contribution in [0.1, 0.15) is 56.1 Å². The summed E-state index contributed by atoms with van der Waals surface area (Å²) in [6.45, 7) is 0.534. The van der Waals surface area contributed by atoms with Crippen LogP contribution in [0.2, 0.25) is 0 Å². The molecule has 5 rings (SSSR count). The van der Waals surface area contributed by atoms with Crippen molar-refractivity contribution in [2.24, 2.45) is 0 Å². The molecule has 0 aromatic heterocycles. The summed E-state index contributed by atoms with van der Waals surface area (Å²) in [5.74, 6) is 0.922. The summed E-state index contributed by atoms with van der Waals surface area (Å²) >= 11 is 0. The van der Waals surface area contributed by atoms with Crippen LogP contribution in [-0.2, 0) is 27.4 Å². The van der Waals surface area contributed by atoms with Gasteiger partial charge in [-0.3, -0.25) is 19.3 Å². The Morgan fingerprint density at radius 3 is 2.09 bits per heavy atom. The Hall–Kier alpha value is -3.15. The van der Waals surface area contributed by atoms with Crippen LogP contribution >= 0.6 is 0 Å². The molecule has 2 aromatic carbocycles. The zero-order valence-corrected chi connectivity index (χ0v) is 18.8. The van der Waals surface area contributed by atoms with E-state index in [1.165, 1.54) is 4.90 Å². The van der Waals surface area contributed by atoms with E-state index < -0.39 is 0 Å².